The molecule has 0 saturated carbocycles. The molecule has 0 aliphatic heterocycles. The number of aryl methyl sites for hydroxylation is 4. The van der Waals surface area contributed by atoms with Crippen LogP contribution in [0.3, 0.4) is 0 Å². The van der Waals surface area contributed by atoms with E-state index in [1.807, 2.05) is 0 Å². The van der Waals surface area contributed by atoms with Crippen molar-refractivity contribution >= 4 is 98.8 Å². The van der Waals surface area contributed by atoms with Gasteiger partial charge < -0.3 is 9.80 Å². The van der Waals surface area contributed by atoms with Gasteiger partial charge in [0, 0.05) is 34.1 Å². The van der Waals surface area contributed by atoms with Crippen LogP contribution < -0.4 is 9.80 Å². The maximum atomic E-state index is 2.40. The Bertz CT molecular complexity index is 4290. The largest absolute Gasteiger partial charge is 0.310 e. The van der Waals surface area contributed by atoms with Gasteiger partial charge >= 0.3 is 0 Å². The molecule has 0 aliphatic rings. The first kappa shape index (κ1) is 46.7. The Labute approximate surface area is 456 Å². The number of anilines is 6. The van der Waals surface area contributed by atoms with Gasteiger partial charge in [-0.25, -0.2) is 0 Å². The highest BCUT2D eigenvalue weighted by molar-refractivity contribution is 6.27. The Morgan fingerprint density at radius 2 is 0.462 bits per heavy atom. The molecule has 78 heavy (non-hydrogen) atoms. The molecular formula is C76H56N2. The lowest BCUT2D eigenvalue weighted by atomic mass is 9.92. The number of rotatable bonds is 9. The van der Waals surface area contributed by atoms with Crippen molar-refractivity contribution in [2.45, 2.75) is 27.7 Å². The highest BCUT2D eigenvalue weighted by Crippen LogP contribution is 2.44. The van der Waals surface area contributed by atoms with Gasteiger partial charge in [0.2, 0.25) is 0 Å². The summed E-state index contributed by atoms with van der Waals surface area (Å²) < 4.78 is 0. The van der Waals surface area contributed by atoms with Crippen molar-refractivity contribution in [2.24, 2.45) is 0 Å². The van der Waals surface area contributed by atoms with E-state index in [2.05, 4.69) is 304 Å². The average molecular weight is 997 g/mol. The van der Waals surface area contributed by atoms with Crippen LogP contribution in [0.1, 0.15) is 22.3 Å². The lowest BCUT2D eigenvalue weighted by molar-refractivity contribution is 1.23. The Hall–Kier alpha value is -9.76. The van der Waals surface area contributed by atoms with Crippen LogP contribution in [0.5, 0.6) is 0 Å². The van der Waals surface area contributed by atoms with Crippen LogP contribution in [0, 0.1) is 27.7 Å². The fraction of sp³-hybridized carbons (Fsp3) is 0.0526. The van der Waals surface area contributed by atoms with Gasteiger partial charge in [-0.15, -0.1) is 0 Å². The number of nitrogens with zero attached hydrogens (tertiary/aromatic N) is 2. The van der Waals surface area contributed by atoms with Crippen molar-refractivity contribution in [1.29, 1.82) is 0 Å². The number of benzene rings is 14. The molecule has 2 nitrogen and oxygen atoms in total. The van der Waals surface area contributed by atoms with Crippen molar-refractivity contribution in [3.05, 3.63) is 289 Å². The molecule has 0 aromatic heterocycles. The minimum atomic E-state index is 1.11. The molecule has 0 bridgehead atoms. The van der Waals surface area contributed by atoms with E-state index in [-0.39, 0.29) is 0 Å². The number of fused-ring (bicyclic) bond motifs is 12. The third-order valence-corrected chi connectivity index (χ3v) is 16.3. The predicted octanol–water partition coefficient (Wildman–Crippen LogP) is 21.8. The van der Waals surface area contributed by atoms with Gasteiger partial charge in [-0.1, -0.05) is 194 Å². The zero-order valence-corrected chi connectivity index (χ0v) is 44.3. The fourth-order valence-corrected chi connectivity index (χ4v) is 12.4. The molecule has 0 amide bonds. The summed E-state index contributed by atoms with van der Waals surface area (Å²) >= 11 is 0. The van der Waals surface area contributed by atoms with Gasteiger partial charge in [-0.2, -0.15) is 0 Å². The smallest absolute Gasteiger partial charge is 0.0490 e. The molecule has 14 aromatic rings. The quantitative estimate of drug-likeness (QED) is 0.133. The summed E-state index contributed by atoms with van der Waals surface area (Å²) in [6.45, 7) is 8.90. The van der Waals surface area contributed by atoms with Gasteiger partial charge in [0.05, 0.1) is 0 Å². The van der Waals surface area contributed by atoms with Gasteiger partial charge in [0.1, 0.15) is 0 Å². The maximum Gasteiger partial charge on any atom is 0.0490 e. The van der Waals surface area contributed by atoms with Crippen LogP contribution in [-0.2, 0) is 0 Å². The Morgan fingerprint density at radius 1 is 0.192 bits per heavy atom. The number of hydrogen-bond donors (Lipinski definition) is 0. The van der Waals surface area contributed by atoms with Gasteiger partial charge in [0.15, 0.2) is 0 Å². The van der Waals surface area contributed by atoms with Gasteiger partial charge in [-0.05, 0) is 221 Å². The molecule has 0 N–H and O–H groups in total. The monoisotopic (exact) mass is 996 g/mol. The lowest BCUT2D eigenvalue weighted by Crippen LogP contribution is -2.12. The molecule has 0 aliphatic carbocycles. The molecule has 14 rings (SSSR count). The van der Waals surface area contributed by atoms with E-state index in [1.165, 1.54) is 120 Å². The van der Waals surface area contributed by atoms with E-state index < -0.39 is 0 Å². The lowest BCUT2D eigenvalue weighted by Gasteiger charge is -2.29. The van der Waals surface area contributed by atoms with Crippen LogP contribution >= 0.6 is 0 Å². The standard InChI is InChI=1S/C76H56N2/c1-49-17-5-15-27-75(49)77(57-35-29-53(30-36-57)55-33-41-71-67-23-9-7-19-63(67)65-21-11-13-25-69(65)73(71)47-55)59-39-43-61(51(3)45-59)62-44-40-60(46-52(62)4)78(76-28-16-6-18-50(76)2)58-37-31-54(32-38-58)56-34-42-72-68-24-10-8-20-64(68)66-22-12-14-26-70(66)74(72)48-56/h5-48H,1-4H3. The summed E-state index contributed by atoms with van der Waals surface area (Å²) in [5.74, 6) is 0. The third-order valence-electron chi connectivity index (χ3n) is 16.3. The molecule has 14 aromatic carbocycles. The van der Waals surface area contributed by atoms with Crippen LogP contribution in [0.15, 0.2) is 267 Å². The normalized spacial score (nSPS) is 11.6. The van der Waals surface area contributed by atoms with E-state index in [1.54, 1.807) is 0 Å². The van der Waals surface area contributed by atoms with Crippen LogP contribution in [-0.4, -0.2) is 0 Å². The highest BCUT2D eigenvalue weighted by Gasteiger charge is 2.20. The Balaban J connectivity index is 0.786. The Kier molecular flexibility index (Phi) is 11.5. The topological polar surface area (TPSA) is 6.48 Å². The molecule has 0 atom stereocenters. The van der Waals surface area contributed by atoms with Crippen molar-refractivity contribution < 1.29 is 0 Å². The first-order valence-electron chi connectivity index (χ1n) is 27.2. The van der Waals surface area contributed by atoms with Crippen LogP contribution in [0.4, 0.5) is 34.1 Å². The maximum absolute atomic E-state index is 2.40. The van der Waals surface area contributed by atoms with E-state index in [0.29, 0.717) is 0 Å². The predicted molar refractivity (Wildman–Crippen MR) is 336 cm³/mol. The van der Waals surface area contributed by atoms with Crippen molar-refractivity contribution in [3.63, 3.8) is 0 Å². The summed E-state index contributed by atoms with van der Waals surface area (Å²) in [5.41, 5.74) is 18.9. The second-order valence-electron chi connectivity index (χ2n) is 21.0. The zero-order valence-electron chi connectivity index (χ0n) is 44.3. The summed E-state index contributed by atoms with van der Waals surface area (Å²) in [6, 6.07) is 98.6. The summed E-state index contributed by atoms with van der Waals surface area (Å²) in [4.78, 5) is 4.81. The van der Waals surface area contributed by atoms with E-state index >= 15 is 0 Å². The minimum absolute atomic E-state index is 1.11. The van der Waals surface area contributed by atoms with Crippen molar-refractivity contribution in [3.8, 4) is 33.4 Å². The molecule has 0 radical (unpaired) electrons. The van der Waals surface area contributed by atoms with Crippen LogP contribution in [0.2, 0.25) is 0 Å². The molecule has 0 unspecified atom stereocenters. The molecule has 370 valence electrons. The zero-order chi connectivity index (χ0) is 52.4. The Morgan fingerprint density at radius 3 is 0.782 bits per heavy atom. The summed E-state index contributed by atoms with van der Waals surface area (Å²) in [7, 11) is 0. The van der Waals surface area contributed by atoms with Crippen LogP contribution in [0.25, 0.3) is 98.0 Å². The second-order valence-corrected chi connectivity index (χ2v) is 21.0. The molecule has 2 heteroatoms. The molecule has 0 spiro atoms. The van der Waals surface area contributed by atoms with Gasteiger partial charge in [0.25, 0.3) is 0 Å². The molecule has 0 heterocycles. The average Bonchev–Trinajstić information content (AvgIpc) is 3.66. The van der Waals surface area contributed by atoms with E-state index in [0.717, 1.165) is 34.1 Å². The first-order valence-corrected chi connectivity index (χ1v) is 27.2. The molecule has 0 saturated heterocycles. The van der Waals surface area contributed by atoms with E-state index in [9.17, 15) is 0 Å². The fourth-order valence-electron chi connectivity index (χ4n) is 12.4. The summed E-state index contributed by atoms with van der Waals surface area (Å²) in [5, 5.41) is 15.5. The van der Waals surface area contributed by atoms with Crippen molar-refractivity contribution in [2.75, 3.05) is 9.80 Å². The minimum Gasteiger partial charge on any atom is -0.310 e. The molecular weight excluding hydrogens is 941 g/mol. The second kappa shape index (κ2) is 19.1. The number of para-hydroxylation sites is 2. The van der Waals surface area contributed by atoms with E-state index in [4.69, 9.17) is 0 Å². The number of hydrogen-bond acceptors (Lipinski definition) is 2. The summed E-state index contributed by atoms with van der Waals surface area (Å²) in [6.07, 6.45) is 0. The van der Waals surface area contributed by atoms with Gasteiger partial charge in [-0.3, -0.25) is 0 Å². The highest BCUT2D eigenvalue weighted by atomic mass is 15.1. The third kappa shape index (κ3) is 7.96. The molecule has 0 fully saturated rings. The van der Waals surface area contributed by atoms with Crippen molar-refractivity contribution in [1.82, 2.24) is 0 Å². The SMILES string of the molecule is Cc1cc(N(c2ccc(-c3ccc4c5ccccc5c5ccccc5c4c3)cc2)c2ccccc2C)ccc1-c1ccc(N(c2ccc(-c3ccc4c5ccccc5c5ccccc5c4c3)cc2)c2ccccc2C)cc1C. The first-order chi connectivity index (χ1) is 38.3.